The van der Waals surface area contributed by atoms with Crippen LogP contribution in [0, 0.1) is 5.41 Å². The van der Waals surface area contributed by atoms with Gasteiger partial charge in [0.2, 0.25) is 0 Å². The third kappa shape index (κ3) is 3.30. The van der Waals surface area contributed by atoms with Crippen molar-refractivity contribution in [2.45, 2.75) is 19.5 Å². The summed E-state index contributed by atoms with van der Waals surface area (Å²) in [7, 11) is 0. The summed E-state index contributed by atoms with van der Waals surface area (Å²) in [5.74, 6) is -0.423. The van der Waals surface area contributed by atoms with Crippen LogP contribution in [0.2, 0.25) is 0 Å². The zero-order chi connectivity index (χ0) is 21.3. The molecule has 0 aliphatic carbocycles. The summed E-state index contributed by atoms with van der Waals surface area (Å²) >= 11 is 0. The molecule has 0 spiro atoms. The van der Waals surface area contributed by atoms with Gasteiger partial charge < -0.3 is 9.88 Å². The van der Waals surface area contributed by atoms with Gasteiger partial charge in [-0.15, -0.1) is 6.58 Å². The van der Waals surface area contributed by atoms with E-state index in [1.165, 1.54) is 15.0 Å². The van der Waals surface area contributed by atoms with Crippen LogP contribution in [-0.4, -0.2) is 19.9 Å². The number of nitrogens with one attached hydrogen (secondary N) is 2. The van der Waals surface area contributed by atoms with E-state index < -0.39 is 5.91 Å². The van der Waals surface area contributed by atoms with E-state index >= 15 is 0 Å². The first-order valence-corrected chi connectivity index (χ1v) is 9.57. The minimum Gasteiger partial charge on any atom is -0.345 e. The summed E-state index contributed by atoms with van der Waals surface area (Å²) in [4.78, 5) is 30.6. The van der Waals surface area contributed by atoms with Crippen LogP contribution in [0.4, 0.5) is 0 Å². The Kier molecular flexibility index (Phi) is 5.02. The molecule has 0 radical (unpaired) electrons. The summed E-state index contributed by atoms with van der Waals surface area (Å²) in [6.45, 7) is 5.86. The number of carbonyl (C=O) groups excluding carboxylic acids is 1. The lowest BCUT2D eigenvalue weighted by molar-refractivity contribution is 0.0937. The highest BCUT2D eigenvalue weighted by atomic mass is 16.1. The highest BCUT2D eigenvalue weighted by Gasteiger charge is 2.18. The number of aromatic nitrogens is 3. The molecule has 30 heavy (non-hydrogen) atoms. The fourth-order valence-corrected chi connectivity index (χ4v) is 3.47. The smallest absolute Gasteiger partial charge is 0.267 e. The molecule has 2 N–H and O–H groups in total. The summed E-state index contributed by atoms with van der Waals surface area (Å²) < 4.78 is 2.96. The maximum Gasteiger partial charge on any atom is 0.267 e. The minimum absolute atomic E-state index is 0.0210. The molecule has 4 aromatic rings. The monoisotopic (exact) mass is 399 g/mol. The molecule has 4 rings (SSSR count). The SMILES string of the molecule is C=CCn1c(=N)c(C(=O)N[C@H](C)c2ccccc2)cc2c(=O)n3ccccc3nc21. The van der Waals surface area contributed by atoms with Gasteiger partial charge in [0.15, 0.2) is 0 Å². The van der Waals surface area contributed by atoms with Gasteiger partial charge in [-0.1, -0.05) is 42.5 Å². The first kappa shape index (κ1) is 19.3. The van der Waals surface area contributed by atoms with Crippen molar-refractivity contribution in [3.05, 3.63) is 100 Å². The fraction of sp³-hybridized carbons (Fsp3) is 0.130. The van der Waals surface area contributed by atoms with Gasteiger partial charge in [-0.3, -0.25) is 19.4 Å². The largest absolute Gasteiger partial charge is 0.345 e. The lowest BCUT2D eigenvalue weighted by atomic mass is 10.1. The molecule has 1 atom stereocenters. The van der Waals surface area contributed by atoms with Gasteiger partial charge in [-0.2, -0.15) is 0 Å². The number of allylic oxidation sites excluding steroid dienone is 1. The number of rotatable bonds is 5. The Morgan fingerprint density at radius 1 is 1.23 bits per heavy atom. The Balaban J connectivity index is 1.88. The predicted molar refractivity (Wildman–Crippen MR) is 115 cm³/mol. The molecule has 0 saturated heterocycles. The van der Waals surface area contributed by atoms with Crippen LogP contribution in [0.15, 0.2) is 78.2 Å². The maximum atomic E-state index is 13.1. The molecule has 0 unspecified atom stereocenters. The van der Waals surface area contributed by atoms with Gasteiger partial charge in [0, 0.05) is 12.7 Å². The van der Waals surface area contributed by atoms with Crippen molar-refractivity contribution in [3.63, 3.8) is 0 Å². The molecular formula is C23H21N5O2. The average Bonchev–Trinajstić information content (AvgIpc) is 2.76. The number of hydrogen-bond acceptors (Lipinski definition) is 4. The molecule has 0 fully saturated rings. The maximum absolute atomic E-state index is 13.1. The van der Waals surface area contributed by atoms with Gasteiger partial charge in [-0.25, -0.2) is 4.98 Å². The minimum atomic E-state index is -0.423. The summed E-state index contributed by atoms with van der Waals surface area (Å²) in [6.07, 6.45) is 3.24. The molecule has 1 amide bonds. The quantitative estimate of drug-likeness (QED) is 0.399. The van der Waals surface area contributed by atoms with Crippen LogP contribution in [-0.2, 0) is 6.54 Å². The van der Waals surface area contributed by atoms with E-state index in [1.54, 1.807) is 30.5 Å². The van der Waals surface area contributed by atoms with E-state index in [0.717, 1.165) is 5.56 Å². The van der Waals surface area contributed by atoms with Crippen LogP contribution in [0.3, 0.4) is 0 Å². The summed E-state index contributed by atoms with van der Waals surface area (Å²) in [6, 6.07) is 16.0. The molecule has 0 bridgehead atoms. The van der Waals surface area contributed by atoms with Gasteiger partial charge in [0.05, 0.1) is 17.0 Å². The topological polar surface area (TPSA) is 92.2 Å². The van der Waals surface area contributed by atoms with E-state index in [1.807, 2.05) is 37.3 Å². The van der Waals surface area contributed by atoms with Crippen molar-refractivity contribution < 1.29 is 4.79 Å². The number of fused-ring (bicyclic) bond motifs is 2. The van der Waals surface area contributed by atoms with Crippen molar-refractivity contribution in [3.8, 4) is 0 Å². The van der Waals surface area contributed by atoms with Gasteiger partial charge in [0.25, 0.3) is 11.5 Å². The number of hydrogen-bond donors (Lipinski definition) is 2. The number of carbonyl (C=O) groups is 1. The normalized spacial score (nSPS) is 12.0. The van der Waals surface area contributed by atoms with Crippen LogP contribution in [0.25, 0.3) is 16.7 Å². The Morgan fingerprint density at radius 3 is 2.70 bits per heavy atom. The van der Waals surface area contributed by atoms with E-state index in [4.69, 9.17) is 5.41 Å². The first-order chi connectivity index (χ1) is 14.5. The Bertz CT molecular complexity index is 1390. The zero-order valence-corrected chi connectivity index (χ0v) is 16.5. The highest BCUT2D eigenvalue weighted by molar-refractivity contribution is 5.97. The third-order valence-corrected chi connectivity index (χ3v) is 5.02. The van der Waals surface area contributed by atoms with Crippen molar-refractivity contribution in [2.75, 3.05) is 0 Å². The van der Waals surface area contributed by atoms with E-state index in [0.29, 0.717) is 11.3 Å². The van der Waals surface area contributed by atoms with Crippen molar-refractivity contribution in [2.24, 2.45) is 0 Å². The molecule has 0 saturated carbocycles. The van der Waals surface area contributed by atoms with Crippen molar-refractivity contribution in [1.82, 2.24) is 19.3 Å². The van der Waals surface area contributed by atoms with Gasteiger partial charge in [-0.05, 0) is 30.7 Å². The van der Waals surface area contributed by atoms with Crippen LogP contribution in [0.1, 0.15) is 28.9 Å². The number of pyridine rings is 2. The van der Waals surface area contributed by atoms with Crippen LogP contribution in [0.5, 0.6) is 0 Å². The molecule has 3 heterocycles. The lowest BCUT2D eigenvalue weighted by Crippen LogP contribution is -2.35. The fourth-order valence-electron chi connectivity index (χ4n) is 3.47. The molecule has 0 aliphatic rings. The summed E-state index contributed by atoms with van der Waals surface area (Å²) in [5, 5.41) is 11.8. The van der Waals surface area contributed by atoms with Crippen molar-refractivity contribution in [1.29, 1.82) is 5.41 Å². The predicted octanol–water partition coefficient (Wildman–Crippen LogP) is 2.81. The third-order valence-electron chi connectivity index (χ3n) is 5.02. The average molecular weight is 399 g/mol. The van der Waals surface area contributed by atoms with Gasteiger partial charge >= 0.3 is 0 Å². The van der Waals surface area contributed by atoms with E-state index in [2.05, 4.69) is 16.9 Å². The molecular weight excluding hydrogens is 378 g/mol. The second-order valence-corrected chi connectivity index (χ2v) is 6.99. The van der Waals surface area contributed by atoms with E-state index in [9.17, 15) is 9.59 Å². The zero-order valence-electron chi connectivity index (χ0n) is 16.5. The van der Waals surface area contributed by atoms with Crippen LogP contribution >= 0.6 is 0 Å². The standard InChI is InChI=1S/C23H21N5O2/c1-3-12-28-20(24)17(22(29)25-15(2)16-9-5-4-6-10-16)14-18-21(28)26-19-11-7-8-13-27(19)23(18)30/h3-11,13-15,24H,1,12H2,2H3,(H,25,29)/t15-/m1/s1. The second kappa shape index (κ2) is 7.79. The molecule has 7 nitrogen and oxygen atoms in total. The van der Waals surface area contributed by atoms with Crippen molar-refractivity contribution >= 4 is 22.6 Å². The molecule has 3 aromatic heterocycles. The number of amides is 1. The van der Waals surface area contributed by atoms with E-state index in [-0.39, 0.29) is 34.6 Å². The Morgan fingerprint density at radius 2 is 1.97 bits per heavy atom. The molecule has 1 aromatic carbocycles. The highest BCUT2D eigenvalue weighted by Crippen LogP contribution is 2.14. The first-order valence-electron chi connectivity index (χ1n) is 9.57. The number of nitrogens with zero attached hydrogens (tertiary/aromatic N) is 3. The lowest BCUT2D eigenvalue weighted by Gasteiger charge is -2.16. The Labute approximate surface area is 172 Å². The second-order valence-electron chi connectivity index (χ2n) is 6.99. The number of benzene rings is 1. The van der Waals surface area contributed by atoms with Crippen LogP contribution < -0.4 is 16.4 Å². The van der Waals surface area contributed by atoms with Gasteiger partial charge in [0.1, 0.15) is 16.8 Å². The molecule has 7 heteroatoms. The molecule has 150 valence electrons. The Hall–Kier alpha value is -4.00. The molecule has 0 aliphatic heterocycles. The summed E-state index contributed by atoms with van der Waals surface area (Å²) in [5.41, 5.74) is 1.57.